The molecule has 1 aliphatic rings. The third-order valence-electron chi connectivity index (χ3n) is 2.93. The normalized spacial score (nSPS) is 17.1. The SMILES string of the molecule is CC1=CC(C)(C)Oc2c1c(=O)n(C)c(=O)n2C. The van der Waals surface area contributed by atoms with Gasteiger partial charge in [0.15, 0.2) is 0 Å². The van der Waals surface area contributed by atoms with Gasteiger partial charge in [-0.3, -0.25) is 13.9 Å². The molecule has 0 unspecified atom stereocenters. The van der Waals surface area contributed by atoms with Gasteiger partial charge in [0.25, 0.3) is 5.56 Å². The van der Waals surface area contributed by atoms with Gasteiger partial charge in [0.05, 0.1) is 0 Å². The molecular weight excluding hydrogens is 220 g/mol. The minimum absolute atomic E-state index is 0.313. The fraction of sp³-hybridized carbons (Fsp3) is 0.500. The summed E-state index contributed by atoms with van der Waals surface area (Å²) in [5.41, 5.74) is 0.112. The van der Waals surface area contributed by atoms with E-state index in [1.807, 2.05) is 26.8 Å². The van der Waals surface area contributed by atoms with Gasteiger partial charge >= 0.3 is 5.69 Å². The Morgan fingerprint density at radius 2 is 1.76 bits per heavy atom. The smallest absolute Gasteiger partial charge is 0.333 e. The van der Waals surface area contributed by atoms with Crippen LogP contribution in [0.5, 0.6) is 5.88 Å². The fourth-order valence-corrected chi connectivity index (χ4v) is 2.15. The molecule has 0 aromatic carbocycles. The summed E-state index contributed by atoms with van der Waals surface area (Å²) in [6.07, 6.45) is 1.89. The van der Waals surface area contributed by atoms with Gasteiger partial charge in [0.1, 0.15) is 11.2 Å². The van der Waals surface area contributed by atoms with Crippen molar-refractivity contribution in [3.05, 3.63) is 32.5 Å². The Kier molecular flexibility index (Phi) is 2.31. The van der Waals surface area contributed by atoms with Gasteiger partial charge in [-0.15, -0.1) is 0 Å². The lowest BCUT2D eigenvalue weighted by molar-refractivity contribution is 0.141. The molecule has 0 fully saturated rings. The molecule has 0 N–H and O–H groups in total. The highest BCUT2D eigenvalue weighted by Crippen LogP contribution is 2.31. The summed E-state index contributed by atoms with van der Waals surface area (Å²) in [5.74, 6) is 0.350. The Morgan fingerprint density at radius 3 is 2.35 bits per heavy atom. The molecule has 1 aliphatic heterocycles. The molecule has 0 spiro atoms. The maximum atomic E-state index is 12.0. The molecule has 0 radical (unpaired) electrons. The number of aromatic nitrogens is 2. The molecule has 5 heteroatoms. The molecule has 0 atom stereocenters. The Morgan fingerprint density at radius 1 is 1.18 bits per heavy atom. The zero-order chi connectivity index (χ0) is 13.0. The van der Waals surface area contributed by atoms with Crippen molar-refractivity contribution in [2.24, 2.45) is 14.1 Å². The topological polar surface area (TPSA) is 53.2 Å². The third kappa shape index (κ3) is 1.62. The molecule has 1 aromatic rings. The van der Waals surface area contributed by atoms with Gasteiger partial charge in [0.2, 0.25) is 5.88 Å². The molecule has 0 aliphatic carbocycles. The number of ether oxygens (including phenoxy) is 1. The average molecular weight is 236 g/mol. The van der Waals surface area contributed by atoms with E-state index >= 15 is 0 Å². The van der Waals surface area contributed by atoms with Crippen molar-refractivity contribution in [1.82, 2.24) is 9.13 Å². The van der Waals surface area contributed by atoms with Gasteiger partial charge in [-0.2, -0.15) is 0 Å². The van der Waals surface area contributed by atoms with Crippen LogP contribution in [0.25, 0.3) is 5.57 Å². The molecule has 17 heavy (non-hydrogen) atoms. The van der Waals surface area contributed by atoms with Crippen LogP contribution in [0.4, 0.5) is 0 Å². The summed E-state index contributed by atoms with van der Waals surface area (Å²) in [5, 5.41) is 0. The van der Waals surface area contributed by atoms with Crippen molar-refractivity contribution in [3.63, 3.8) is 0 Å². The molecule has 0 saturated heterocycles. The van der Waals surface area contributed by atoms with Crippen molar-refractivity contribution in [3.8, 4) is 5.88 Å². The van der Waals surface area contributed by atoms with Gasteiger partial charge in [0, 0.05) is 14.1 Å². The molecular formula is C12H16N2O3. The van der Waals surface area contributed by atoms with E-state index in [2.05, 4.69) is 0 Å². The second-order valence-electron chi connectivity index (χ2n) is 4.92. The van der Waals surface area contributed by atoms with Crippen LogP contribution in [-0.2, 0) is 14.1 Å². The van der Waals surface area contributed by atoms with Gasteiger partial charge < -0.3 is 4.74 Å². The van der Waals surface area contributed by atoms with Crippen LogP contribution in [0.2, 0.25) is 0 Å². The molecule has 0 amide bonds. The molecule has 0 bridgehead atoms. The minimum Gasteiger partial charge on any atom is -0.468 e. The first kappa shape index (κ1) is 11.7. The second-order valence-corrected chi connectivity index (χ2v) is 4.92. The van der Waals surface area contributed by atoms with E-state index in [1.165, 1.54) is 11.6 Å². The number of hydrogen-bond acceptors (Lipinski definition) is 3. The van der Waals surface area contributed by atoms with Gasteiger partial charge in [-0.05, 0) is 32.4 Å². The summed E-state index contributed by atoms with van der Waals surface area (Å²) in [7, 11) is 3.08. The Balaban J connectivity index is 2.91. The minimum atomic E-state index is -0.506. The molecule has 2 rings (SSSR count). The first-order valence-corrected chi connectivity index (χ1v) is 5.43. The van der Waals surface area contributed by atoms with Gasteiger partial charge in [-0.1, -0.05) is 0 Å². The largest absolute Gasteiger partial charge is 0.468 e. The first-order valence-electron chi connectivity index (χ1n) is 5.43. The highest BCUT2D eigenvalue weighted by Gasteiger charge is 2.29. The monoisotopic (exact) mass is 236 g/mol. The van der Waals surface area contributed by atoms with Crippen LogP contribution >= 0.6 is 0 Å². The summed E-state index contributed by atoms with van der Waals surface area (Å²) >= 11 is 0. The number of rotatable bonds is 0. The van der Waals surface area contributed by atoms with Crippen LogP contribution in [0.15, 0.2) is 15.7 Å². The Bertz CT molecular complexity index is 632. The highest BCUT2D eigenvalue weighted by atomic mass is 16.5. The molecule has 5 nitrogen and oxygen atoms in total. The van der Waals surface area contributed by atoms with Gasteiger partial charge in [-0.25, -0.2) is 4.79 Å². The van der Waals surface area contributed by atoms with E-state index in [4.69, 9.17) is 4.74 Å². The van der Waals surface area contributed by atoms with Crippen molar-refractivity contribution in [2.45, 2.75) is 26.4 Å². The summed E-state index contributed by atoms with van der Waals surface area (Å²) < 4.78 is 8.18. The number of allylic oxidation sites excluding steroid dienone is 1. The number of nitrogens with zero attached hydrogens (tertiary/aromatic N) is 2. The van der Waals surface area contributed by atoms with E-state index in [0.29, 0.717) is 11.4 Å². The van der Waals surface area contributed by atoms with Crippen LogP contribution in [0, 0.1) is 0 Å². The summed E-state index contributed by atoms with van der Waals surface area (Å²) in [4.78, 5) is 23.8. The summed E-state index contributed by atoms with van der Waals surface area (Å²) in [6.45, 7) is 5.64. The quantitative estimate of drug-likeness (QED) is 0.665. The van der Waals surface area contributed by atoms with E-state index in [0.717, 1.165) is 10.1 Å². The van der Waals surface area contributed by atoms with E-state index < -0.39 is 5.60 Å². The Hall–Kier alpha value is -1.78. The molecule has 0 saturated carbocycles. The maximum Gasteiger partial charge on any atom is 0.333 e. The standard InChI is InChI=1S/C12H16N2O3/c1-7-6-12(2,3)17-10-8(7)9(15)13(4)11(16)14(10)5/h6H,1-5H3. The predicted octanol–water partition coefficient (Wildman–Crippen LogP) is 0.658. The van der Waals surface area contributed by atoms with Crippen LogP contribution in [0.3, 0.4) is 0 Å². The first-order chi connectivity index (χ1) is 7.74. The lowest BCUT2D eigenvalue weighted by atomic mass is 9.98. The van der Waals surface area contributed by atoms with E-state index in [-0.39, 0.29) is 11.2 Å². The van der Waals surface area contributed by atoms with Crippen molar-refractivity contribution < 1.29 is 4.74 Å². The van der Waals surface area contributed by atoms with Crippen molar-refractivity contribution >= 4 is 5.57 Å². The van der Waals surface area contributed by atoms with E-state index in [1.54, 1.807) is 7.05 Å². The van der Waals surface area contributed by atoms with Crippen LogP contribution < -0.4 is 16.0 Å². The van der Waals surface area contributed by atoms with E-state index in [9.17, 15) is 9.59 Å². The number of fused-ring (bicyclic) bond motifs is 1. The zero-order valence-electron chi connectivity index (χ0n) is 10.7. The van der Waals surface area contributed by atoms with Crippen LogP contribution in [-0.4, -0.2) is 14.7 Å². The molecule has 2 heterocycles. The maximum absolute atomic E-state index is 12.0. The molecule has 92 valence electrons. The Labute approximate surface area is 99.0 Å². The zero-order valence-corrected chi connectivity index (χ0v) is 10.7. The summed E-state index contributed by atoms with van der Waals surface area (Å²) in [6, 6.07) is 0. The molecule has 1 aromatic heterocycles. The fourth-order valence-electron chi connectivity index (χ4n) is 2.15. The van der Waals surface area contributed by atoms with Crippen molar-refractivity contribution in [2.75, 3.05) is 0 Å². The predicted molar refractivity (Wildman–Crippen MR) is 65.3 cm³/mol. The third-order valence-corrected chi connectivity index (χ3v) is 2.93. The lowest BCUT2D eigenvalue weighted by Crippen LogP contribution is -2.43. The average Bonchev–Trinajstić information content (AvgIpc) is 2.21. The van der Waals surface area contributed by atoms with Crippen molar-refractivity contribution in [1.29, 1.82) is 0 Å². The van der Waals surface area contributed by atoms with Crippen LogP contribution in [0.1, 0.15) is 26.3 Å². The number of hydrogen-bond donors (Lipinski definition) is 0. The lowest BCUT2D eigenvalue weighted by Gasteiger charge is -2.30. The second kappa shape index (κ2) is 3.35. The highest BCUT2D eigenvalue weighted by molar-refractivity contribution is 5.69.